The summed E-state index contributed by atoms with van der Waals surface area (Å²) >= 11 is 0. The highest BCUT2D eigenvalue weighted by Gasteiger charge is 2.31. The van der Waals surface area contributed by atoms with Crippen molar-refractivity contribution in [2.45, 2.75) is 39.3 Å². The third-order valence-corrected chi connectivity index (χ3v) is 4.00. The summed E-state index contributed by atoms with van der Waals surface area (Å²) in [5, 5.41) is 0. The number of H-pyrrole nitrogens is 2. The van der Waals surface area contributed by atoms with Gasteiger partial charge in [0, 0.05) is 37.9 Å². The van der Waals surface area contributed by atoms with Crippen LogP contribution in [0.1, 0.15) is 37.6 Å². The van der Waals surface area contributed by atoms with E-state index < -0.39 is 11.2 Å². The number of hydrogen-bond donors (Lipinski definition) is 2. The summed E-state index contributed by atoms with van der Waals surface area (Å²) < 4.78 is 0. The molecule has 7 heteroatoms. The first-order chi connectivity index (χ1) is 9.93. The number of hydrogen-bond acceptors (Lipinski definition) is 4. The van der Waals surface area contributed by atoms with Crippen molar-refractivity contribution in [3.8, 4) is 0 Å². The molecule has 0 aliphatic carbocycles. The van der Waals surface area contributed by atoms with E-state index in [1.165, 1.54) is 6.20 Å². The summed E-state index contributed by atoms with van der Waals surface area (Å²) in [4.78, 5) is 43.7. The topological polar surface area (TPSA) is 89.3 Å². The molecule has 2 heterocycles. The highest BCUT2D eigenvalue weighted by molar-refractivity contribution is 5.93. The molecule has 21 heavy (non-hydrogen) atoms. The minimum atomic E-state index is -0.636. The number of piperazine rings is 1. The van der Waals surface area contributed by atoms with Gasteiger partial charge in [-0.25, -0.2) is 4.79 Å². The maximum atomic E-state index is 12.4. The smallest absolute Gasteiger partial charge is 0.325 e. The summed E-state index contributed by atoms with van der Waals surface area (Å²) in [6.07, 6.45) is 2.14. The normalized spacial score (nSPS) is 20.0. The third-order valence-electron chi connectivity index (χ3n) is 4.00. The van der Waals surface area contributed by atoms with Gasteiger partial charge in [-0.1, -0.05) is 6.92 Å². The van der Waals surface area contributed by atoms with Gasteiger partial charge in [0.05, 0.1) is 0 Å². The summed E-state index contributed by atoms with van der Waals surface area (Å²) in [5.41, 5.74) is -1.25. The average molecular weight is 294 g/mol. The van der Waals surface area contributed by atoms with Crippen LogP contribution in [0.5, 0.6) is 0 Å². The first-order valence-electron chi connectivity index (χ1n) is 7.31. The van der Waals surface area contributed by atoms with E-state index in [2.05, 4.69) is 35.6 Å². The van der Waals surface area contributed by atoms with Crippen LogP contribution in [0.4, 0.5) is 0 Å². The largest absolute Gasteiger partial charge is 0.336 e. The van der Waals surface area contributed by atoms with Crippen molar-refractivity contribution < 1.29 is 4.79 Å². The van der Waals surface area contributed by atoms with Gasteiger partial charge in [-0.2, -0.15) is 0 Å². The molecule has 1 saturated heterocycles. The van der Waals surface area contributed by atoms with E-state index in [0.29, 0.717) is 25.2 Å². The number of amides is 1. The zero-order chi connectivity index (χ0) is 15.6. The van der Waals surface area contributed by atoms with Gasteiger partial charge in [0.15, 0.2) is 0 Å². The molecule has 2 N–H and O–H groups in total. The maximum absolute atomic E-state index is 12.4. The number of nitrogens with zero attached hydrogens (tertiary/aromatic N) is 2. The molecule has 0 saturated carbocycles. The predicted molar refractivity (Wildman–Crippen MR) is 79.5 cm³/mol. The number of nitrogens with one attached hydrogen (secondary N) is 2. The van der Waals surface area contributed by atoms with Gasteiger partial charge < -0.3 is 9.88 Å². The summed E-state index contributed by atoms with van der Waals surface area (Å²) in [5.74, 6) is -0.325. The van der Waals surface area contributed by atoms with Crippen molar-refractivity contribution in [1.29, 1.82) is 0 Å². The van der Waals surface area contributed by atoms with Gasteiger partial charge >= 0.3 is 5.69 Å². The molecule has 0 spiro atoms. The van der Waals surface area contributed by atoms with Crippen LogP contribution in [0.2, 0.25) is 0 Å². The first-order valence-corrected chi connectivity index (χ1v) is 7.31. The molecule has 0 radical (unpaired) electrons. The fraction of sp³-hybridized carbons (Fsp3) is 0.643. The minimum Gasteiger partial charge on any atom is -0.336 e. The molecule has 0 bridgehead atoms. The van der Waals surface area contributed by atoms with Gasteiger partial charge in [-0.3, -0.25) is 19.5 Å². The molecule has 1 aromatic heterocycles. The Bertz CT molecular complexity index is 619. The van der Waals surface area contributed by atoms with Crippen molar-refractivity contribution in [1.82, 2.24) is 19.8 Å². The van der Waals surface area contributed by atoms with Crippen LogP contribution >= 0.6 is 0 Å². The van der Waals surface area contributed by atoms with E-state index in [4.69, 9.17) is 0 Å². The zero-order valence-corrected chi connectivity index (χ0v) is 12.7. The summed E-state index contributed by atoms with van der Waals surface area (Å²) in [7, 11) is 0. The second-order valence-electron chi connectivity index (χ2n) is 5.63. The summed E-state index contributed by atoms with van der Waals surface area (Å²) in [6, 6.07) is 0.730. The number of carbonyl (C=O) groups excluding carboxylic acids is 1. The Labute approximate surface area is 123 Å². The molecule has 116 valence electrons. The minimum absolute atomic E-state index is 0.0116. The Hall–Kier alpha value is -1.89. The van der Waals surface area contributed by atoms with Gasteiger partial charge in [0.2, 0.25) is 0 Å². The second-order valence-corrected chi connectivity index (χ2v) is 5.63. The predicted octanol–water partition coefficient (Wildman–Crippen LogP) is 0.00800. The van der Waals surface area contributed by atoms with E-state index in [9.17, 15) is 14.4 Å². The molecule has 1 fully saturated rings. The van der Waals surface area contributed by atoms with Crippen LogP contribution in [0, 0.1) is 0 Å². The highest BCUT2D eigenvalue weighted by atomic mass is 16.2. The molecule has 1 aliphatic heterocycles. The molecule has 1 atom stereocenters. The van der Waals surface area contributed by atoms with Crippen molar-refractivity contribution in [3.63, 3.8) is 0 Å². The van der Waals surface area contributed by atoms with Crippen molar-refractivity contribution in [2.24, 2.45) is 0 Å². The SMILES string of the molecule is CCC1CN(C(=O)c2c[nH]c(=O)[nH]c2=O)CCN1C(C)C. The van der Waals surface area contributed by atoms with E-state index in [-0.39, 0.29) is 11.5 Å². The van der Waals surface area contributed by atoms with Gasteiger partial charge in [-0.15, -0.1) is 0 Å². The van der Waals surface area contributed by atoms with E-state index >= 15 is 0 Å². The van der Waals surface area contributed by atoms with Gasteiger partial charge in [0.25, 0.3) is 11.5 Å². The summed E-state index contributed by atoms with van der Waals surface area (Å²) in [6.45, 7) is 8.38. The van der Waals surface area contributed by atoms with Crippen molar-refractivity contribution in [3.05, 3.63) is 32.6 Å². The first kappa shape index (κ1) is 15.5. The Morgan fingerprint density at radius 1 is 1.38 bits per heavy atom. The van der Waals surface area contributed by atoms with Gasteiger partial charge in [-0.05, 0) is 20.3 Å². The molecule has 1 aromatic rings. The third kappa shape index (κ3) is 3.24. The average Bonchev–Trinajstić information content (AvgIpc) is 2.45. The Balaban J connectivity index is 2.18. The van der Waals surface area contributed by atoms with E-state index in [0.717, 1.165) is 13.0 Å². The molecule has 1 aliphatic rings. The second kappa shape index (κ2) is 6.26. The van der Waals surface area contributed by atoms with Crippen molar-refractivity contribution in [2.75, 3.05) is 19.6 Å². The number of aromatic nitrogens is 2. The molecule has 1 amide bonds. The Kier molecular flexibility index (Phi) is 4.62. The molecule has 1 unspecified atom stereocenters. The number of rotatable bonds is 3. The number of aromatic amines is 2. The molecular weight excluding hydrogens is 272 g/mol. The fourth-order valence-corrected chi connectivity index (χ4v) is 2.84. The monoisotopic (exact) mass is 294 g/mol. The highest BCUT2D eigenvalue weighted by Crippen LogP contribution is 2.16. The standard InChI is InChI=1S/C14H22N4O3/c1-4-10-8-17(5-6-18(10)9(2)3)13(20)11-7-15-14(21)16-12(11)19/h7,9-10H,4-6,8H2,1-3H3,(H2,15,16,19,21). The molecule has 7 nitrogen and oxygen atoms in total. The van der Waals surface area contributed by atoms with E-state index in [1.54, 1.807) is 4.90 Å². The lowest BCUT2D eigenvalue weighted by Crippen LogP contribution is -2.57. The van der Waals surface area contributed by atoms with Crippen LogP contribution in [-0.4, -0.2) is 57.4 Å². The van der Waals surface area contributed by atoms with E-state index in [1.807, 2.05) is 0 Å². The zero-order valence-electron chi connectivity index (χ0n) is 12.7. The lowest BCUT2D eigenvalue weighted by Gasteiger charge is -2.43. The Morgan fingerprint density at radius 2 is 2.10 bits per heavy atom. The number of carbonyl (C=O) groups is 1. The molecule has 2 rings (SSSR count). The maximum Gasteiger partial charge on any atom is 0.325 e. The lowest BCUT2D eigenvalue weighted by molar-refractivity contribution is 0.0370. The van der Waals surface area contributed by atoms with Crippen LogP contribution in [0.3, 0.4) is 0 Å². The molecule has 0 aromatic carbocycles. The van der Waals surface area contributed by atoms with Crippen molar-refractivity contribution >= 4 is 5.91 Å². The Morgan fingerprint density at radius 3 is 2.67 bits per heavy atom. The van der Waals surface area contributed by atoms with Crippen LogP contribution in [0.25, 0.3) is 0 Å². The molecular formula is C14H22N4O3. The van der Waals surface area contributed by atoms with Crippen LogP contribution in [0.15, 0.2) is 15.8 Å². The van der Waals surface area contributed by atoms with Crippen LogP contribution < -0.4 is 11.2 Å². The quantitative estimate of drug-likeness (QED) is 0.821. The van der Waals surface area contributed by atoms with Gasteiger partial charge in [0.1, 0.15) is 5.56 Å². The fourth-order valence-electron chi connectivity index (χ4n) is 2.84. The lowest BCUT2D eigenvalue weighted by atomic mass is 10.1. The van der Waals surface area contributed by atoms with Crippen LogP contribution in [-0.2, 0) is 0 Å².